The highest BCUT2D eigenvalue weighted by Gasteiger charge is 2.32. The molecule has 1 saturated heterocycles. The molecule has 1 fully saturated rings. The van der Waals surface area contributed by atoms with Crippen molar-refractivity contribution in [2.24, 2.45) is 4.99 Å². The van der Waals surface area contributed by atoms with E-state index >= 15 is 0 Å². The number of amidine groups is 1. The Kier molecular flexibility index (Phi) is 6.77. The number of methoxy groups -OCH3 is 1. The number of ether oxygens (including phenoxy) is 2. The fourth-order valence-corrected chi connectivity index (χ4v) is 3.95. The van der Waals surface area contributed by atoms with Crippen LogP contribution in [0.1, 0.15) is 18.1 Å². The summed E-state index contributed by atoms with van der Waals surface area (Å²) in [7, 11) is 1.59. The van der Waals surface area contributed by atoms with Gasteiger partial charge in [-0.3, -0.25) is 9.69 Å². The summed E-state index contributed by atoms with van der Waals surface area (Å²) in [4.78, 5) is 20.0. The van der Waals surface area contributed by atoms with Crippen LogP contribution in [0.2, 0.25) is 0 Å². The lowest BCUT2D eigenvalue weighted by Gasteiger charge is -2.13. The second kappa shape index (κ2) is 9.47. The Morgan fingerprint density at radius 3 is 2.69 bits per heavy atom. The summed E-state index contributed by atoms with van der Waals surface area (Å²) in [6, 6.07) is 13.5. The summed E-state index contributed by atoms with van der Waals surface area (Å²) in [6.07, 6.45) is 3.50. The lowest BCUT2D eigenvalue weighted by molar-refractivity contribution is -0.122. The van der Waals surface area contributed by atoms with E-state index in [1.165, 1.54) is 11.8 Å². The van der Waals surface area contributed by atoms with Crippen LogP contribution < -0.4 is 9.47 Å². The second-order valence-corrected chi connectivity index (χ2v) is 7.33. The Morgan fingerprint density at radius 1 is 1.21 bits per heavy atom. The quantitative estimate of drug-likeness (QED) is 0.467. The summed E-state index contributed by atoms with van der Waals surface area (Å²) in [6.45, 7) is 8.54. The number of benzene rings is 2. The number of likely N-dealkylation sites (N-methyl/N-ethyl adjacent to an activating group) is 1. The predicted octanol–water partition coefficient (Wildman–Crippen LogP) is 5.19. The largest absolute Gasteiger partial charge is 0.493 e. The molecule has 0 bridgehead atoms. The van der Waals surface area contributed by atoms with Crippen LogP contribution in [-0.4, -0.2) is 36.2 Å². The highest BCUT2D eigenvalue weighted by Crippen LogP contribution is 2.38. The number of aryl methyl sites for hydroxylation is 1. The van der Waals surface area contributed by atoms with Crippen LogP contribution in [0.15, 0.2) is 65.0 Å². The highest BCUT2D eigenvalue weighted by atomic mass is 32.2. The molecular weight excluding hydrogens is 384 g/mol. The zero-order valence-electron chi connectivity index (χ0n) is 16.8. The minimum absolute atomic E-state index is 0.0673. The van der Waals surface area contributed by atoms with E-state index in [1.807, 2.05) is 62.4 Å². The molecule has 0 unspecified atom stereocenters. The average Bonchev–Trinajstić information content (AvgIpc) is 3.02. The maximum atomic E-state index is 13.0. The smallest absolute Gasteiger partial charge is 0.266 e. The van der Waals surface area contributed by atoms with Crippen LogP contribution in [0, 0.1) is 6.92 Å². The fourth-order valence-electron chi connectivity index (χ4n) is 2.91. The van der Waals surface area contributed by atoms with Crippen molar-refractivity contribution < 1.29 is 14.3 Å². The van der Waals surface area contributed by atoms with Crippen molar-refractivity contribution in [3.05, 3.63) is 71.2 Å². The first-order chi connectivity index (χ1) is 14.1. The molecule has 1 amide bonds. The first-order valence-corrected chi connectivity index (χ1v) is 10.2. The molecule has 0 saturated carbocycles. The average molecular weight is 409 g/mol. The Hall–Kier alpha value is -2.99. The predicted molar refractivity (Wildman–Crippen MR) is 120 cm³/mol. The van der Waals surface area contributed by atoms with Crippen LogP contribution in [0.3, 0.4) is 0 Å². The molecule has 1 aliphatic heterocycles. The van der Waals surface area contributed by atoms with Crippen LogP contribution in [0.25, 0.3) is 6.08 Å². The number of thioether (sulfide) groups is 1. The molecule has 2 aromatic carbocycles. The van der Waals surface area contributed by atoms with E-state index in [2.05, 4.69) is 6.58 Å². The second-order valence-electron chi connectivity index (χ2n) is 6.32. The Bertz CT molecular complexity index is 982. The van der Waals surface area contributed by atoms with Crippen molar-refractivity contribution in [3.63, 3.8) is 0 Å². The van der Waals surface area contributed by atoms with Gasteiger partial charge in [-0.2, -0.15) is 0 Å². The minimum Gasteiger partial charge on any atom is -0.493 e. The van der Waals surface area contributed by atoms with Gasteiger partial charge >= 0.3 is 0 Å². The first-order valence-electron chi connectivity index (χ1n) is 9.35. The molecule has 0 N–H and O–H groups in total. The van der Waals surface area contributed by atoms with Gasteiger partial charge in [0.05, 0.1) is 17.7 Å². The van der Waals surface area contributed by atoms with Gasteiger partial charge in [-0.15, -0.1) is 0 Å². The summed E-state index contributed by atoms with van der Waals surface area (Å²) in [5.74, 6) is 1.13. The highest BCUT2D eigenvalue weighted by molar-refractivity contribution is 8.18. The fraction of sp³-hybridized carbons (Fsp3) is 0.217. The third-order valence-corrected chi connectivity index (χ3v) is 5.40. The van der Waals surface area contributed by atoms with Gasteiger partial charge in [-0.05, 0) is 49.4 Å². The van der Waals surface area contributed by atoms with Crippen molar-refractivity contribution in [1.82, 2.24) is 4.90 Å². The first kappa shape index (κ1) is 20.7. The van der Waals surface area contributed by atoms with Gasteiger partial charge in [-0.25, -0.2) is 4.99 Å². The van der Waals surface area contributed by atoms with Crippen LogP contribution in [0.4, 0.5) is 5.69 Å². The Labute approximate surface area is 175 Å². The van der Waals surface area contributed by atoms with E-state index in [0.717, 1.165) is 16.8 Å². The molecule has 0 atom stereocenters. The van der Waals surface area contributed by atoms with Gasteiger partial charge in [0.25, 0.3) is 5.91 Å². The third kappa shape index (κ3) is 4.54. The van der Waals surface area contributed by atoms with Gasteiger partial charge in [-0.1, -0.05) is 43.0 Å². The van der Waals surface area contributed by atoms with Gasteiger partial charge in [0.1, 0.15) is 6.61 Å². The Balaban J connectivity index is 2.00. The molecule has 5 nitrogen and oxygen atoms in total. The summed E-state index contributed by atoms with van der Waals surface area (Å²) < 4.78 is 11.2. The number of rotatable bonds is 7. The zero-order valence-corrected chi connectivity index (χ0v) is 17.7. The standard InChI is InChI=1S/C23H24N2O3S/c1-5-14-28-21-17(11-9-13-19(21)27-4)15-20-22(26)25(6-2)23(29-20)24-18-12-8-7-10-16(18)3/h5,7-13,15H,1,6,14H2,2-4H3/b20-15-,24-23?. The number of hydrogen-bond donors (Lipinski definition) is 0. The molecule has 0 radical (unpaired) electrons. The molecule has 150 valence electrons. The van der Waals surface area contributed by atoms with Crippen LogP contribution >= 0.6 is 11.8 Å². The monoisotopic (exact) mass is 408 g/mol. The number of hydrogen-bond acceptors (Lipinski definition) is 5. The molecular formula is C23H24N2O3S. The van der Waals surface area contributed by atoms with Crippen LogP contribution in [-0.2, 0) is 4.79 Å². The number of amides is 1. The van der Waals surface area contributed by atoms with Crippen molar-refractivity contribution >= 4 is 34.6 Å². The number of carbonyl (C=O) groups excluding carboxylic acids is 1. The number of carbonyl (C=O) groups is 1. The van der Waals surface area contributed by atoms with E-state index in [4.69, 9.17) is 14.5 Å². The van der Waals surface area contributed by atoms with Gasteiger partial charge < -0.3 is 9.47 Å². The van der Waals surface area contributed by atoms with Crippen molar-refractivity contribution in [2.75, 3.05) is 20.3 Å². The molecule has 1 aliphatic rings. The molecule has 6 heteroatoms. The number of aliphatic imine (C=N–C) groups is 1. The van der Waals surface area contributed by atoms with Gasteiger partial charge in [0.15, 0.2) is 16.7 Å². The summed E-state index contributed by atoms with van der Waals surface area (Å²) in [5.41, 5.74) is 2.70. The van der Waals surface area contributed by atoms with E-state index in [-0.39, 0.29) is 5.91 Å². The summed E-state index contributed by atoms with van der Waals surface area (Å²) >= 11 is 1.37. The molecule has 3 rings (SSSR count). The SMILES string of the molecule is C=CCOc1c(/C=C2\SC(=Nc3ccccc3C)N(CC)C2=O)cccc1OC. The molecule has 2 aromatic rings. The zero-order chi connectivity index (χ0) is 20.8. The van der Waals surface area contributed by atoms with E-state index < -0.39 is 0 Å². The van der Waals surface area contributed by atoms with Crippen molar-refractivity contribution in [2.45, 2.75) is 13.8 Å². The van der Waals surface area contributed by atoms with Crippen LogP contribution in [0.5, 0.6) is 11.5 Å². The molecule has 1 heterocycles. The molecule has 29 heavy (non-hydrogen) atoms. The molecule has 0 aliphatic carbocycles. The third-order valence-electron chi connectivity index (χ3n) is 4.40. The van der Waals surface area contributed by atoms with Gasteiger partial charge in [0, 0.05) is 12.1 Å². The number of para-hydroxylation sites is 2. The topological polar surface area (TPSA) is 51.1 Å². The molecule has 0 aromatic heterocycles. The maximum Gasteiger partial charge on any atom is 0.266 e. The minimum atomic E-state index is -0.0673. The van der Waals surface area contributed by atoms with Crippen molar-refractivity contribution in [3.8, 4) is 11.5 Å². The van der Waals surface area contributed by atoms with E-state index in [9.17, 15) is 4.79 Å². The maximum absolute atomic E-state index is 13.0. The van der Waals surface area contributed by atoms with E-state index in [1.54, 1.807) is 18.1 Å². The Morgan fingerprint density at radius 2 is 2.00 bits per heavy atom. The van der Waals surface area contributed by atoms with E-state index in [0.29, 0.717) is 34.7 Å². The lowest BCUT2D eigenvalue weighted by atomic mass is 10.1. The lowest BCUT2D eigenvalue weighted by Crippen LogP contribution is -2.28. The van der Waals surface area contributed by atoms with Crippen molar-refractivity contribution in [1.29, 1.82) is 0 Å². The number of nitrogens with zero attached hydrogens (tertiary/aromatic N) is 2. The molecule has 0 spiro atoms. The summed E-state index contributed by atoms with van der Waals surface area (Å²) in [5, 5.41) is 0.675. The van der Waals surface area contributed by atoms with Gasteiger partial charge in [0.2, 0.25) is 0 Å². The normalized spacial score (nSPS) is 16.5.